The molecule has 2 heterocycles. The molecule has 0 radical (unpaired) electrons. The lowest BCUT2D eigenvalue weighted by atomic mass is 10.0. The second kappa shape index (κ2) is 6.94. The van der Waals surface area contributed by atoms with Gasteiger partial charge in [-0.3, -0.25) is 4.57 Å². The van der Waals surface area contributed by atoms with Gasteiger partial charge in [-0.1, -0.05) is 41.9 Å². The molecule has 1 N–H and O–H groups in total. The Balaban J connectivity index is 1.76. The first-order valence-corrected chi connectivity index (χ1v) is 9.57. The summed E-state index contributed by atoms with van der Waals surface area (Å²) < 4.78 is 22.2. The topological polar surface area (TPSA) is 39.1 Å². The number of nitrogens with zero attached hydrogens (tertiary/aromatic N) is 2. The molecular formula is C23H17ClFN3O. The smallest absolute Gasteiger partial charge is 0.209 e. The first-order valence-electron chi connectivity index (χ1n) is 9.20. The lowest BCUT2D eigenvalue weighted by Crippen LogP contribution is -2.20. The van der Waals surface area contributed by atoms with Crippen LogP contribution in [-0.2, 0) is 0 Å². The molecule has 0 bridgehead atoms. The predicted octanol–water partition coefficient (Wildman–Crippen LogP) is 5.89. The van der Waals surface area contributed by atoms with Gasteiger partial charge in [-0.25, -0.2) is 9.37 Å². The van der Waals surface area contributed by atoms with Gasteiger partial charge in [0.15, 0.2) is 0 Å². The van der Waals surface area contributed by atoms with E-state index >= 15 is 0 Å². The maximum Gasteiger partial charge on any atom is 0.209 e. The summed E-state index contributed by atoms with van der Waals surface area (Å²) in [7, 11) is 1.63. The van der Waals surface area contributed by atoms with Gasteiger partial charge >= 0.3 is 0 Å². The predicted molar refractivity (Wildman–Crippen MR) is 114 cm³/mol. The summed E-state index contributed by atoms with van der Waals surface area (Å²) in [5.41, 5.74) is 3.88. The van der Waals surface area contributed by atoms with Crippen LogP contribution in [0.1, 0.15) is 17.2 Å². The Morgan fingerprint density at radius 3 is 2.72 bits per heavy atom. The number of aromatic nitrogens is 2. The minimum atomic E-state index is -0.450. The number of benzene rings is 3. The Hall–Kier alpha value is -3.31. The van der Waals surface area contributed by atoms with Crippen molar-refractivity contribution in [2.24, 2.45) is 0 Å². The summed E-state index contributed by atoms with van der Waals surface area (Å²) in [5, 5.41) is 3.76. The Morgan fingerprint density at radius 2 is 1.90 bits per heavy atom. The molecule has 144 valence electrons. The maximum atomic E-state index is 14.9. The number of rotatable bonds is 3. The molecule has 29 heavy (non-hydrogen) atoms. The molecule has 1 unspecified atom stereocenters. The standard InChI is InChI=1S/C23H17ClFN3O/c1-29-15-7-4-6-14(12-15)19-13-21(22-16(24)8-5-9-17(22)25)28-20-11-3-2-10-18(20)26-23(28)27-19/h2-13,21H,1H3,(H,26,27). The number of anilines is 1. The van der Waals surface area contributed by atoms with Crippen LogP contribution in [0.2, 0.25) is 5.02 Å². The Labute approximate surface area is 172 Å². The number of ether oxygens (including phenoxy) is 1. The van der Waals surface area contributed by atoms with Crippen molar-refractivity contribution in [3.63, 3.8) is 0 Å². The van der Waals surface area contributed by atoms with Crippen molar-refractivity contribution < 1.29 is 9.13 Å². The van der Waals surface area contributed by atoms with E-state index in [2.05, 4.69) is 5.32 Å². The highest BCUT2D eigenvalue weighted by molar-refractivity contribution is 6.31. The van der Waals surface area contributed by atoms with Crippen LogP contribution in [0.25, 0.3) is 16.7 Å². The van der Waals surface area contributed by atoms with E-state index in [1.54, 1.807) is 19.2 Å². The number of methoxy groups -OCH3 is 1. The van der Waals surface area contributed by atoms with Crippen LogP contribution >= 0.6 is 11.6 Å². The molecule has 4 aromatic rings. The number of imidazole rings is 1. The summed E-state index contributed by atoms with van der Waals surface area (Å²) in [5.74, 6) is 1.02. The SMILES string of the molecule is COc1cccc(C2=CC(c3c(F)cccc3Cl)n3c(nc4ccccc43)N2)c1. The first-order chi connectivity index (χ1) is 14.2. The zero-order chi connectivity index (χ0) is 20.0. The van der Waals surface area contributed by atoms with Gasteiger partial charge in [0.2, 0.25) is 5.95 Å². The second-order valence-corrected chi connectivity index (χ2v) is 7.22. The Morgan fingerprint density at radius 1 is 1.07 bits per heavy atom. The highest BCUT2D eigenvalue weighted by Gasteiger charge is 2.28. The monoisotopic (exact) mass is 405 g/mol. The van der Waals surface area contributed by atoms with Crippen molar-refractivity contribution in [3.8, 4) is 5.75 Å². The van der Waals surface area contributed by atoms with E-state index in [9.17, 15) is 4.39 Å². The highest BCUT2D eigenvalue weighted by Crippen LogP contribution is 2.40. The van der Waals surface area contributed by atoms with Crippen molar-refractivity contribution >= 4 is 34.3 Å². The van der Waals surface area contributed by atoms with Crippen LogP contribution in [0.5, 0.6) is 5.75 Å². The van der Waals surface area contributed by atoms with E-state index in [0.29, 0.717) is 16.5 Å². The van der Waals surface area contributed by atoms with Crippen LogP contribution in [-0.4, -0.2) is 16.7 Å². The van der Waals surface area contributed by atoms with E-state index in [0.717, 1.165) is 28.0 Å². The van der Waals surface area contributed by atoms with E-state index < -0.39 is 6.04 Å². The van der Waals surface area contributed by atoms with Crippen LogP contribution in [0.15, 0.2) is 72.8 Å². The molecule has 1 atom stereocenters. The maximum absolute atomic E-state index is 14.9. The summed E-state index contributed by atoms with van der Waals surface area (Å²) in [6.45, 7) is 0. The van der Waals surface area contributed by atoms with Crippen molar-refractivity contribution in [3.05, 3.63) is 94.8 Å². The minimum Gasteiger partial charge on any atom is -0.497 e. The molecule has 1 aromatic heterocycles. The molecule has 0 aliphatic carbocycles. The lowest BCUT2D eigenvalue weighted by Gasteiger charge is -2.27. The Bertz CT molecular complexity index is 1240. The van der Waals surface area contributed by atoms with Crippen molar-refractivity contribution in [1.29, 1.82) is 0 Å². The number of para-hydroxylation sites is 2. The molecule has 6 heteroatoms. The lowest BCUT2D eigenvalue weighted by molar-refractivity contribution is 0.414. The van der Waals surface area contributed by atoms with Crippen molar-refractivity contribution in [2.45, 2.75) is 6.04 Å². The Kier molecular flexibility index (Phi) is 4.25. The number of allylic oxidation sites excluding steroid dienone is 1. The van der Waals surface area contributed by atoms with Crippen LogP contribution < -0.4 is 10.1 Å². The van der Waals surface area contributed by atoms with Crippen molar-refractivity contribution in [2.75, 3.05) is 12.4 Å². The molecule has 0 saturated heterocycles. The highest BCUT2D eigenvalue weighted by atomic mass is 35.5. The fourth-order valence-electron chi connectivity index (χ4n) is 3.77. The average molecular weight is 406 g/mol. The molecule has 4 nitrogen and oxygen atoms in total. The van der Waals surface area contributed by atoms with Crippen LogP contribution in [0.4, 0.5) is 10.3 Å². The molecule has 0 amide bonds. The first kappa shape index (κ1) is 17.8. The summed E-state index contributed by atoms with van der Waals surface area (Å²) in [6.07, 6.45) is 1.97. The summed E-state index contributed by atoms with van der Waals surface area (Å²) in [4.78, 5) is 4.72. The summed E-state index contributed by atoms with van der Waals surface area (Å²) >= 11 is 6.45. The normalized spacial score (nSPS) is 15.6. The minimum absolute atomic E-state index is 0.352. The third kappa shape index (κ3) is 2.95. The number of fused-ring (bicyclic) bond motifs is 3. The third-order valence-corrected chi connectivity index (χ3v) is 5.45. The fourth-order valence-corrected chi connectivity index (χ4v) is 4.05. The quantitative estimate of drug-likeness (QED) is 0.461. The van der Waals surface area contributed by atoms with E-state index in [1.165, 1.54) is 6.07 Å². The van der Waals surface area contributed by atoms with Gasteiger partial charge in [-0.05, 0) is 42.5 Å². The van der Waals surface area contributed by atoms with Crippen LogP contribution in [0, 0.1) is 5.82 Å². The molecule has 1 aliphatic heterocycles. The molecular weight excluding hydrogens is 389 g/mol. The van der Waals surface area contributed by atoms with E-state index in [4.69, 9.17) is 21.3 Å². The van der Waals surface area contributed by atoms with Gasteiger partial charge in [0.1, 0.15) is 11.6 Å². The molecule has 0 fully saturated rings. The van der Waals surface area contributed by atoms with Gasteiger partial charge in [0.25, 0.3) is 0 Å². The largest absolute Gasteiger partial charge is 0.497 e. The second-order valence-electron chi connectivity index (χ2n) is 6.81. The summed E-state index contributed by atoms with van der Waals surface area (Å²) in [6, 6.07) is 19.8. The fraction of sp³-hybridized carbons (Fsp3) is 0.0870. The van der Waals surface area contributed by atoms with Gasteiger partial charge < -0.3 is 10.1 Å². The molecule has 5 rings (SSSR count). The molecule has 0 spiro atoms. The number of hydrogen-bond donors (Lipinski definition) is 1. The number of hydrogen-bond acceptors (Lipinski definition) is 3. The van der Waals surface area contributed by atoms with E-state index in [1.807, 2.05) is 59.2 Å². The zero-order valence-electron chi connectivity index (χ0n) is 15.6. The third-order valence-electron chi connectivity index (χ3n) is 5.12. The zero-order valence-corrected chi connectivity index (χ0v) is 16.3. The van der Waals surface area contributed by atoms with Crippen molar-refractivity contribution in [1.82, 2.24) is 9.55 Å². The molecule has 3 aromatic carbocycles. The molecule has 1 aliphatic rings. The van der Waals surface area contributed by atoms with Gasteiger partial charge in [-0.2, -0.15) is 0 Å². The number of halogens is 2. The average Bonchev–Trinajstić information content (AvgIpc) is 3.12. The van der Waals surface area contributed by atoms with Crippen LogP contribution in [0.3, 0.4) is 0 Å². The van der Waals surface area contributed by atoms with Gasteiger partial charge in [-0.15, -0.1) is 0 Å². The molecule has 0 saturated carbocycles. The van der Waals surface area contributed by atoms with Gasteiger partial charge in [0, 0.05) is 21.8 Å². The van der Waals surface area contributed by atoms with Gasteiger partial charge in [0.05, 0.1) is 24.2 Å². The van der Waals surface area contributed by atoms with E-state index in [-0.39, 0.29) is 5.82 Å². The number of nitrogens with one attached hydrogen (secondary N) is 1.